The van der Waals surface area contributed by atoms with E-state index in [-0.39, 0.29) is 0 Å². The Morgan fingerprint density at radius 1 is 1.53 bits per heavy atom. The first-order chi connectivity index (χ1) is 7.24. The molecule has 0 aliphatic heterocycles. The van der Waals surface area contributed by atoms with Crippen molar-refractivity contribution in [2.75, 3.05) is 6.54 Å². The van der Waals surface area contributed by atoms with Crippen LogP contribution in [-0.4, -0.2) is 6.54 Å². The highest BCUT2D eigenvalue weighted by Gasteiger charge is 2.25. The highest BCUT2D eigenvalue weighted by molar-refractivity contribution is 9.10. The Balaban J connectivity index is 2.28. The molecule has 1 unspecified atom stereocenters. The molecular weight excluding hydrogens is 273 g/mol. The molecule has 1 atom stereocenters. The summed E-state index contributed by atoms with van der Waals surface area (Å²) in [5.74, 6) is 0. The van der Waals surface area contributed by atoms with Gasteiger partial charge in [0, 0.05) is 15.5 Å². The van der Waals surface area contributed by atoms with Crippen molar-refractivity contribution in [1.29, 1.82) is 0 Å². The Kier molecular flexibility index (Phi) is 3.70. The van der Waals surface area contributed by atoms with Crippen molar-refractivity contribution in [3.8, 4) is 0 Å². The van der Waals surface area contributed by atoms with Crippen LogP contribution in [0.5, 0.6) is 0 Å². The molecule has 15 heavy (non-hydrogen) atoms. The van der Waals surface area contributed by atoms with Gasteiger partial charge in [0.05, 0.1) is 0 Å². The van der Waals surface area contributed by atoms with E-state index in [1.165, 1.54) is 15.6 Å². The van der Waals surface area contributed by atoms with Gasteiger partial charge in [-0.15, -0.1) is 0 Å². The van der Waals surface area contributed by atoms with E-state index in [0.29, 0.717) is 6.04 Å². The second-order valence-electron chi connectivity index (χ2n) is 3.97. The normalized spacial score (nSPS) is 19.3. The lowest BCUT2D eigenvalue weighted by atomic mass is 10.1. The topological polar surface area (TPSA) is 12.0 Å². The Hall–Kier alpha value is -0.0500. The van der Waals surface area contributed by atoms with Crippen molar-refractivity contribution in [2.45, 2.75) is 32.2 Å². The van der Waals surface area contributed by atoms with E-state index in [9.17, 15) is 0 Å². The lowest BCUT2D eigenvalue weighted by molar-refractivity contribution is 0.529. The molecule has 0 bridgehead atoms. The Morgan fingerprint density at radius 2 is 2.33 bits per heavy atom. The first-order valence-electron chi connectivity index (χ1n) is 5.44. The van der Waals surface area contributed by atoms with E-state index >= 15 is 0 Å². The molecule has 0 amide bonds. The molecule has 1 aromatic rings. The fourth-order valence-electron chi connectivity index (χ4n) is 2.20. The van der Waals surface area contributed by atoms with Crippen LogP contribution in [0.3, 0.4) is 0 Å². The third-order valence-corrected chi connectivity index (χ3v) is 3.99. The molecule has 1 aliphatic carbocycles. The van der Waals surface area contributed by atoms with Gasteiger partial charge in [0.25, 0.3) is 0 Å². The second kappa shape index (κ2) is 4.86. The van der Waals surface area contributed by atoms with Crippen LogP contribution < -0.4 is 5.32 Å². The summed E-state index contributed by atoms with van der Waals surface area (Å²) < 4.78 is 1.20. The number of benzene rings is 1. The average Bonchev–Trinajstić information content (AvgIpc) is 2.65. The van der Waals surface area contributed by atoms with Crippen molar-refractivity contribution >= 4 is 27.5 Å². The standard InChI is InChI=1S/C12H15BrClN/c1-2-7-15-11-6-3-8-9(13)4-5-10(14)12(8)11/h4-5,11,15H,2-3,6-7H2,1H3. The van der Waals surface area contributed by atoms with Crippen LogP contribution in [0.1, 0.15) is 36.9 Å². The zero-order valence-corrected chi connectivity index (χ0v) is 11.2. The summed E-state index contributed by atoms with van der Waals surface area (Å²) in [4.78, 5) is 0. The van der Waals surface area contributed by atoms with Gasteiger partial charge in [0.1, 0.15) is 0 Å². The fourth-order valence-corrected chi connectivity index (χ4v) is 3.05. The molecule has 1 nitrogen and oxygen atoms in total. The summed E-state index contributed by atoms with van der Waals surface area (Å²) in [6, 6.07) is 4.48. The van der Waals surface area contributed by atoms with Gasteiger partial charge in [-0.25, -0.2) is 0 Å². The SMILES string of the molecule is CCCNC1CCc2c(Br)ccc(Cl)c21. The van der Waals surface area contributed by atoms with Gasteiger partial charge in [-0.05, 0) is 49.1 Å². The summed E-state index contributed by atoms with van der Waals surface area (Å²) in [6.45, 7) is 3.25. The van der Waals surface area contributed by atoms with Crippen molar-refractivity contribution in [3.05, 3.63) is 32.8 Å². The van der Waals surface area contributed by atoms with E-state index in [0.717, 1.165) is 30.8 Å². The van der Waals surface area contributed by atoms with Gasteiger partial charge < -0.3 is 5.32 Å². The van der Waals surface area contributed by atoms with Crippen molar-refractivity contribution < 1.29 is 0 Å². The van der Waals surface area contributed by atoms with Crippen LogP contribution in [0.4, 0.5) is 0 Å². The van der Waals surface area contributed by atoms with Gasteiger partial charge >= 0.3 is 0 Å². The van der Waals surface area contributed by atoms with E-state index < -0.39 is 0 Å². The molecule has 1 N–H and O–H groups in total. The van der Waals surface area contributed by atoms with Crippen LogP contribution >= 0.6 is 27.5 Å². The third kappa shape index (κ3) is 2.22. The first kappa shape index (κ1) is 11.4. The van der Waals surface area contributed by atoms with E-state index in [2.05, 4.69) is 28.2 Å². The van der Waals surface area contributed by atoms with E-state index in [1.807, 2.05) is 12.1 Å². The molecule has 0 saturated carbocycles. The van der Waals surface area contributed by atoms with Crippen molar-refractivity contribution in [1.82, 2.24) is 5.32 Å². The lowest BCUT2D eigenvalue weighted by Gasteiger charge is -2.15. The monoisotopic (exact) mass is 287 g/mol. The number of fused-ring (bicyclic) bond motifs is 1. The molecule has 0 spiro atoms. The van der Waals surface area contributed by atoms with Crippen molar-refractivity contribution in [2.24, 2.45) is 0 Å². The third-order valence-electron chi connectivity index (χ3n) is 2.92. The van der Waals surface area contributed by atoms with Crippen LogP contribution in [0.25, 0.3) is 0 Å². The van der Waals surface area contributed by atoms with Crippen LogP contribution in [0, 0.1) is 0 Å². The zero-order chi connectivity index (χ0) is 10.8. The molecule has 0 heterocycles. The minimum atomic E-state index is 0.449. The predicted octanol–water partition coefficient (Wildman–Crippen LogP) is 4.09. The molecule has 2 rings (SSSR count). The Morgan fingerprint density at radius 3 is 3.07 bits per heavy atom. The molecule has 3 heteroatoms. The number of hydrogen-bond acceptors (Lipinski definition) is 1. The van der Waals surface area contributed by atoms with Crippen molar-refractivity contribution in [3.63, 3.8) is 0 Å². The number of halogens is 2. The number of hydrogen-bond donors (Lipinski definition) is 1. The highest BCUT2D eigenvalue weighted by atomic mass is 79.9. The van der Waals surface area contributed by atoms with Crippen LogP contribution in [0.2, 0.25) is 5.02 Å². The van der Waals surface area contributed by atoms with Gasteiger partial charge in [-0.2, -0.15) is 0 Å². The molecule has 82 valence electrons. The number of nitrogens with one attached hydrogen (secondary N) is 1. The van der Waals surface area contributed by atoms with Crippen LogP contribution in [0.15, 0.2) is 16.6 Å². The molecule has 0 aromatic heterocycles. The second-order valence-corrected chi connectivity index (χ2v) is 5.23. The average molecular weight is 289 g/mol. The molecule has 0 fully saturated rings. The maximum Gasteiger partial charge on any atom is 0.0457 e. The Bertz CT molecular complexity index is 365. The minimum Gasteiger partial charge on any atom is -0.310 e. The quantitative estimate of drug-likeness (QED) is 0.883. The molecular formula is C12H15BrClN. The van der Waals surface area contributed by atoms with E-state index in [1.54, 1.807) is 0 Å². The maximum absolute atomic E-state index is 6.25. The Labute approximate surface area is 104 Å². The lowest BCUT2D eigenvalue weighted by Crippen LogP contribution is -2.20. The van der Waals surface area contributed by atoms with Gasteiger partial charge in [-0.1, -0.05) is 34.5 Å². The minimum absolute atomic E-state index is 0.449. The number of rotatable bonds is 3. The zero-order valence-electron chi connectivity index (χ0n) is 8.82. The first-order valence-corrected chi connectivity index (χ1v) is 6.61. The predicted molar refractivity (Wildman–Crippen MR) is 68.5 cm³/mol. The van der Waals surface area contributed by atoms with Gasteiger partial charge in [0.15, 0.2) is 0 Å². The van der Waals surface area contributed by atoms with Crippen LogP contribution in [-0.2, 0) is 6.42 Å². The highest BCUT2D eigenvalue weighted by Crippen LogP contribution is 2.40. The summed E-state index contributed by atoms with van der Waals surface area (Å²) in [6.07, 6.45) is 3.45. The summed E-state index contributed by atoms with van der Waals surface area (Å²) in [5, 5.41) is 4.45. The smallest absolute Gasteiger partial charge is 0.0457 e. The summed E-state index contributed by atoms with van der Waals surface area (Å²) in [7, 11) is 0. The molecule has 1 aromatic carbocycles. The summed E-state index contributed by atoms with van der Waals surface area (Å²) >= 11 is 9.85. The van der Waals surface area contributed by atoms with Gasteiger partial charge in [-0.3, -0.25) is 0 Å². The molecule has 0 saturated heterocycles. The molecule has 0 radical (unpaired) electrons. The molecule has 1 aliphatic rings. The fraction of sp³-hybridized carbons (Fsp3) is 0.500. The van der Waals surface area contributed by atoms with E-state index in [4.69, 9.17) is 11.6 Å². The largest absolute Gasteiger partial charge is 0.310 e. The van der Waals surface area contributed by atoms with Gasteiger partial charge in [0.2, 0.25) is 0 Å². The summed E-state index contributed by atoms with van der Waals surface area (Å²) in [5.41, 5.74) is 2.69. The maximum atomic E-state index is 6.25.